The van der Waals surface area contributed by atoms with Crippen molar-refractivity contribution in [3.8, 4) is 0 Å². The number of alkyl halides is 1. The van der Waals surface area contributed by atoms with Crippen LogP contribution in [-0.2, 0) is 0 Å². The second-order valence-corrected chi connectivity index (χ2v) is 6.86. The molecule has 2 rings (SSSR count). The lowest BCUT2D eigenvalue weighted by atomic mass is 10.0. The first-order valence-corrected chi connectivity index (χ1v) is 8.48. The third kappa shape index (κ3) is 3.51. The van der Waals surface area contributed by atoms with Crippen LogP contribution < -0.4 is 0 Å². The van der Waals surface area contributed by atoms with Crippen LogP contribution in [0.15, 0.2) is 6.07 Å². The van der Waals surface area contributed by atoms with Crippen LogP contribution in [0.25, 0.3) is 0 Å². The molecule has 1 aromatic heterocycles. The van der Waals surface area contributed by atoms with Crippen molar-refractivity contribution in [2.45, 2.75) is 58.4 Å². The highest BCUT2D eigenvalue weighted by molar-refractivity contribution is 6.33. The maximum Gasteiger partial charge on any atom is 0.182 e. The van der Waals surface area contributed by atoms with Crippen LogP contribution in [0, 0.1) is 13.8 Å². The van der Waals surface area contributed by atoms with Crippen LogP contribution in [0.1, 0.15) is 60.9 Å². The fraction of sp³-hybridized carbons (Fsp3) is 0.706. The Morgan fingerprint density at radius 2 is 2.00 bits per heavy atom. The maximum atomic E-state index is 12.2. The Morgan fingerprint density at radius 1 is 1.38 bits per heavy atom. The summed E-state index contributed by atoms with van der Waals surface area (Å²) in [4.78, 5) is 14.7. The molecule has 0 aromatic carbocycles. The number of rotatable bonds is 5. The highest BCUT2D eigenvalue weighted by Gasteiger charge is 2.25. The molecule has 0 saturated carbocycles. The van der Waals surface area contributed by atoms with E-state index in [4.69, 9.17) is 11.6 Å². The summed E-state index contributed by atoms with van der Waals surface area (Å²) >= 11 is 5.97. The van der Waals surface area contributed by atoms with Crippen LogP contribution in [0.2, 0.25) is 0 Å². The lowest BCUT2D eigenvalue weighted by Crippen LogP contribution is -2.35. The number of carbonyl (C=O) groups is 1. The molecule has 118 valence electrons. The molecular weight excluding hydrogens is 284 g/mol. The third-order valence-electron chi connectivity index (χ3n) is 4.57. The summed E-state index contributed by atoms with van der Waals surface area (Å²) in [7, 11) is 0. The topological polar surface area (TPSA) is 25.2 Å². The molecule has 0 radical (unpaired) electrons. The fourth-order valence-corrected chi connectivity index (χ4v) is 3.64. The molecule has 1 aliphatic heterocycles. The molecule has 0 bridgehead atoms. The van der Waals surface area contributed by atoms with Gasteiger partial charge in [-0.3, -0.25) is 4.79 Å². The number of hydrogen-bond acceptors (Lipinski definition) is 2. The first-order chi connectivity index (χ1) is 9.95. The third-order valence-corrected chi connectivity index (χ3v) is 4.77. The van der Waals surface area contributed by atoms with Gasteiger partial charge in [0.25, 0.3) is 0 Å². The van der Waals surface area contributed by atoms with Gasteiger partial charge in [-0.25, -0.2) is 0 Å². The first kappa shape index (κ1) is 16.6. The number of Topliss-reactive ketones (excluding diaryl/α,β-unsaturated/α-hetero) is 1. The van der Waals surface area contributed by atoms with Gasteiger partial charge >= 0.3 is 0 Å². The Kier molecular flexibility index (Phi) is 5.50. The van der Waals surface area contributed by atoms with E-state index in [0.29, 0.717) is 6.04 Å². The van der Waals surface area contributed by atoms with E-state index < -0.39 is 5.38 Å². The van der Waals surface area contributed by atoms with Gasteiger partial charge in [-0.05, 0) is 52.6 Å². The van der Waals surface area contributed by atoms with Crippen LogP contribution >= 0.6 is 11.6 Å². The summed E-state index contributed by atoms with van der Waals surface area (Å²) in [6, 6.07) is 2.53. The summed E-state index contributed by atoms with van der Waals surface area (Å²) in [5.41, 5.74) is 3.06. The standard InChI is InChI=1S/C17H27ClN2O/c1-5-8-19-9-6-15(7-10-19)20-12(2)11-16(14(20)4)17(21)13(3)18/h11,13,15H,5-10H2,1-4H3. The van der Waals surface area contributed by atoms with Gasteiger partial charge in [0, 0.05) is 36.1 Å². The number of aromatic nitrogens is 1. The van der Waals surface area contributed by atoms with E-state index in [9.17, 15) is 4.79 Å². The quantitative estimate of drug-likeness (QED) is 0.607. The minimum absolute atomic E-state index is 0.0411. The molecule has 4 heteroatoms. The summed E-state index contributed by atoms with van der Waals surface area (Å²) in [6.45, 7) is 11.6. The molecule has 1 aliphatic rings. The lowest BCUT2D eigenvalue weighted by molar-refractivity contribution is 0.0990. The van der Waals surface area contributed by atoms with Gasteiger partial charge in [-0.2, -0.15) is 0 Å². The van der Waals surface area contributed by atoms with E-state index in [1.807, 2.05) is 6.07 Å². The first-order valence-electron chi connectivity index (χ1n) is 8.04. The van der Waals surface area contributed by atoms with E-state index in [0.717, 1.165) is 24.3 Å². The molecule has 1 aromatic rings. The van der Waals surface area contributed by atoms with Crippen molar-refractivity contribution in [1.82, 2.24) is 9.47 Å². The highest BCUT2D eigenvalue weighted by Crippen LogP contribution is 2.29. The molecule has 1 unspecified atom stereocenters. The average molecular weight is 311 g/mol. The van der Waals surface area contributed by atoms with Gasteiger partial charge in [-0.1, -0.05) is 6.92 Å². The van der Waals surface area contributed by atoms with E-state index in [1.54, 1.807) is 6.92 Å². The fourth-order valence-electron chi connectivity index (χ4n) is 3.52. The number of likely N-dealkylation sites (tertiary alicyclic amines) is 1. The molecular formula is C17H27ClN2O. The van der Waals surface area contributed by atoms with E-state index in [1.165, 1.54) is 31.5 Å². The minimum Gasteiger partial charge on any atom is -0.345 e. The van der Waals surface area contributed by atoms with Gasteiger partial charge in [-0.15, -0.1) is 11.6 Å². The highest BCUT2D eigenvalue weighted by atomic mass is 35.5. The zero-order valence-corrected chi connectivity index (χ0v) is 14.4. The van der Waals surface area contributed by atoms with E-state index in [-0.39, 0.29) is 5.78 Å². The Bertz CT molecular complexity index is 499. The summed E-state index contributed by atoms with van der Waals surface area (Å²) in [5, 5.41) is -0.453. The second kappa shape index (κ2) is 6.97. The van der Waals surface area contributed by atoms with Crippen LogP contribution in [0.4, 0.5) is 0 Å². The normalized spacial score (nSPS) is 18.9. The molecule has 1 atom stereocenters. The van der Waals surface area contributed by atoms with Crippen molar-refractivity contribution in [2.24, 2.45) is 0 Å². The number of halogens is 1. The number of nitrogens with zero attached hydrogens (tertiary/aromatic N) is 2. The molecule has 1 saturated heterocycles. The predicted octanol–water partition coefficient (Wildman–Crippen LogP) is 3.96. The van der Waals surface area contributed by atoms with Crippen LogP contribution in [0.3, 0.4) is 0 Å². The lowest BCUT2D eigenvalue weighted by Gasteiger charge is -2.34. The molecule has 0 spiro atoms. The number of ketones is 1. The Hall–Kier alpha value is -0.800. The largest absolute Gasteiger partial charge is 0.345 e. The average Bonchev–Trinajstić information content (AvgIpc) is 2.74. The van der Waals surface area contributed by atoms with Gasteiger partial charge in [0.05, 0.1) is 5.38 Å². The molecule has 3 nitrogen and oxygen atoms in total. The summed E-state index contributed by atoms with van der Waals surface area (Å²) in [6.07, 6.45) is 3.55. The van der Waals surface area contributed by atoms with Crippen molar-refractivity contribution >= 4 is 17.4 Å². The molecule has 1 fully saturated rings. The maximum absolute atomic E-state index is 12.2. The van der Waals surface area contributed by atoms with Crippen molar-refractivity contribution < 1.29 is 4.79 Å². The van der Waals surface area contributed by atoms with Gasteiger partial charge in [0.1, 0.15) is 0 Å². The monoisotopic (exact) mass is 310 g/mol. The Balaban J connectivity index is 2.16. The van der Waals surface area contributed by atoms with Crippen molar-refractivity contribution in [2.75, 3.05) is 19.6 Å². The van der Waals surface area contributed by atoms with Gasteiger partial charge < -0.3 is 9.47 Å². The SMILES string of the molecule is CCCN1CCC(n2c(C)cc(C(=O)C(C)Cl)c2C)CC1. The minimum atomic E-state index is -0.453. The number of aryl methyl sites for hydroxylation is 1. The van der Waals surface area contributed by atoms with Crippen molar-refractivity contribution in [1.29, 1.82) is 0 Å². The molecule has 0 amide bonds. The van der Waals surface area contributed by atoms with Crippen LogP contribution in [0.5, 0.6) is 0 Å². The second-order valence-electron chi connectivity index (χ2n) is 6.21. The molecule has 2 heterocycles. The smallest absolute Gasteiger partial charge is 0.182 e. The van der Waals surface area contributed by atoms with E-state index >= 15 is 0 Å². The zero-order chi connectivity index (χ0) is 15.6. The number of piperidine rings is 1. The number of carbonyl (C=O) groups excluding carboxylic acids is 1. The Labute approximate surface area is 133 Å². The van der Waals surface area contributed by atoms with Crippen molar-refractivity contribution in [3.05, 3.63) is 23.0 Å². The summed E-state index contributed by atoms with van der Waals surface area (Å²) in [5.74, 6) is 0.0411. The Morgan fingerprint density at radius 3 is 2.52 bits per heavy atom. The summed E-state index contributed by atoms with van der Waals surface area (Å²) < 4.78 is 2.36. The van der Waals surface area contributed by atoms with Gasteiger partial charge in [0.15, 0.2) is 5.78 Å². The number of hydrogen-bond donors (Lipinski definition) is 0. The zero-order valence-electron chi connectivity index (χ0n) is 13.7. The predicted molar refractivity (Wildman–Crippen MR) is 88.6 cm³/mol. The van der Waals surface area contributed by atoms with Crippen LogP contribution in [-0.4, -0.2) is 40.3 Å². The van der Waals surface area contributed by atoms with E-state index in [2.05, 4.69) is 30.2 Å². The van der Waals surface area contributed by atoms with Gasteiger partial charge in [0.2, 0.25) is 0 Å². The molecule has 0 N–H and O–H groups in total. The van der Waals surface area contributed by atoms with Crippen molar-refractivity contribution in [3.63, 3.8) is 0 Å². The molecule has 0 aliphatic carbocycles. The molecule has 21 heavy (non-hydrogen) atoms.